The van der Waals surface area contributed by atoms with E-state index < -0.39 is 5.97 Å². The van der Waals surface area contributed by atoms with E-state index in [0.717, 1.165) is 17.1 Å². The van der Waals surface area contributed by atoms with Crippen molar-refractivity contribution in [3.63, 3.8) is 0 Å². The van der Waals surface area contributed by atoms with Crippen molar-refractivity contribution in [2.45, 2.75) is 13.5 Å². The fraction of sp³-hybridized carbons (Fsp3) is 0.231. The molecular formula is C13H12N4O3S. The van der Waals surface area contributed by atoms with Gasteiger partial charge < -0.3 is 9.47 Å². The smallest absolute Gasteiger partial charge is 0.369 e. The van der Waals surface area contributed by atoms with Crippen LogP contribution in [-0.2, 0) is 11.3 Å². The summed E-state index contributed by atoms with van der Waals surface area (Å²) in [4.78, 5) is 12.2. The zero-order valence-corrected chi connectivity index (χ0v) is 12.0. The number of carbonyl (C=O) groups is 1. The summed E-state index contributed by atoms with van der Waals surface area (Å²) in [5.74, 6) is 0.804. The van der Waals surface area contributed by atoms with E-state index in [1.165, 1.54) is 4.52 Å². The lowest BCUT2D eigenvalue weighted by Crippen LogP contribution is -2.07. The molecule has 108 valence electrons. The van der Waals surface area contributed by atoms with Crippen LogP contribution in [0.2, 0.25) is 0 Å². The molecule has 0 saturated heterocycles. The molecule has 2 aromatic heterocycles. The minimum atomic E-state index is -0.456. The van der Waals surface area contributed by atoms with Gasteiger partial charge in [-0.2, -0.15) is 4.52 Å². The van der Waals surface area contributed by atoms with Gasteiger partial charge in [0.1, 0.15) is 12.4 Å². The molecule has 0 aliphatic carbocycles. The Morgan fingerprint density at radius 3 is 2.86 bits per heavy atom. The quantitative estimate of drug-likeness (QED) is 0.670. The van der Waals surface area contributed by atoms with Crippen LogP contribution in [0, 0.1) is 0 Å². The number of nitrogens with zero attached hydrogens (tertiary/aromatic N) is 4. The first-order valence-corrected chi connectivity index (χ1v) is 7.15. The summed E-state index contributed by atoms with van der Waals surface area (Å²) in [5, 5.41) is 12.4. The summed E-state index contributed by atoms with van der Waals surface area (Å²) in [6.07, 6.45) is 0. The van der Waals surface area contributed by atoms with Crippen molar-refractivity contribution < 1.29 is 14.3 Å². The Morgan fingerprint density at radius 1 is 1.29 bits per heavy atom. The summed E-state index contributed by atoms with van der Waals surface area (Å²) >= 11 is 1.14. The van der Waals surface area contributed by atoms with Crippen LogP contribution in [0.5, 0.6) is 5.75 Å². The van der Waals surface area contributed by atoms with Crippen LogP contribution < -0.4 is 4.74 Å². The molecule has 0 atom stereocenters. The molecule has 0 aliphatic heterocycles. The second kappa shape index (κ2) is 5.88. The van der Waals surface area contributed by atoms with E-state index in [-0.39, 0.29) is 11.6 Å². The van der Waals surface area contributed by atoms with E-state index in [4.69, 9.17) is 9.47 Å². The second-order valence-electron chi connectivity index (χ2n) is 4.04. The van der Waals surface area contributed by atoms with Crippen LogP contribution in [0.15, 0.2) is 30.3 Å². The molecule has 21 heavy (non-hydrogen) atoms. The number of carbonyl (C=O) groups excluding carboxylic acids is 1. The Morgan fingerprint density at radius 2 is 2.10 bits per heavy atom. The van der Waals surface area contributed by atoms with Gasteiger partial charge in [0.15, 0.2) is 5.82 Å². The highest BCUT2D eigenvalue weighted by Crippen LogP contribution is 2.16. The van der Waals surface area contributed by atoms with E-state index in [9.17, 15) is 4.79 Å². The first-order valence-electron chi connectivity index (χ1n) is 6.34. The Bertz CT molecular complexity index is 753. The number of hydrogen-bond acceptors (Lipinski definition) is 7. The lowest BCUT2D eigenvalue weighted by molar-refractivity contribution is 0.0524. The Hall–Kier alpha value is -2.48. The third-order valence-corrected chi connectivity index (χ3v) is 3.50. The van der Waals surface area contributed by atoms with Gasteiger partial charge in [-0.3, -0.25) is 0 Å². The van der Waals surface area contributed by atoms with E-state index >= 15 is 0 Å². The molecule has 0 bridgehead atoms. The molecule has 0 unspecified atom stereocenters. The lowest BCUT2D eigenvalue weighted by atomic mass is 10.3. The number of aromatic nitrogens is 4. The summed E-state index contributed by atoms with van der Waals surface area (Å²) in [6.45, 7) is 2.28. The number of rotatable bonds is 5. The Kier molecular flexibility index (Phi) is 3.78. The summed E-state index contributed by atoms with van der Waals surface area (Å²) in [6, 6.07) is 9.38. The van der Waals surface area contributed by atoms with Gasteiger partial charge in [-0.25, -0.2) is 4.79 Å². The number of hydrogen-bond donors (Lipinski definition) is 0. The maximum absolute atomic E-state index is 11.6. The van der Waals surface area contributed by atoms with Gasteiger partial charge in [0.25, 0.3) is 0 Å². The maximum Gasteiger partial charge on any atom is 0.369 e. The fourth-order valence-corrected chi connectivity index (χ4v) is 2.44. The number of esters is 1. The van der Waals surface area contributed by atoms with Gasteiger partial charge in [-0.1, -0.05) is 29.5 Å². The molecule has 0 N–H and O–H groups in total. The largest absolute Gasteiger partial charge is 0.486 e. The van der Waals surface area contributed by atoms with Gasteiger partial charge in [0, 0.05) is 0 Å². The number of fused-ring (bicyclic) bond motifs is 1. The van der Waals surface area contributed by atoms with Crippen LogP contribution in [0.4, 0.5) is 0 Å². The number of ether oxygens (including phenoxy) is 2. The summed E-state index contributed by atoms with van der Waals surface area (Å²) in [5.41, 5.74) is 0. The molecule has 0 fully saturated rings. The van der Waals surface area contributed by atoms with Crippen LogP contribution >= 0.6 is 11.3 Å². The van der Waals surface area contributed by atoms with Gasteiger partial charge in [-0.05, 0) is 19.1 Å². The summed E-state index contributed by atoms with van der Waals surface area (Å²) < 4.78 is 12.0. The average molecular weight is 304 g/mol. The lowest BCUT2D eigenvalue weighted by Gasteiger charge is -2.02. The molecule has 3 rings (SSSR count). The maximum atomic E-state index is 11.6. The van der Waals surface area contributed by atoms with Gasteiger partial charge in [-0.15, -0.1) is 15.3 Å². The van der Waals surface area contributed by atoms with Crippen molar-refractivity contribution in [3.8, 4) is 5.75 Å². The zero-order chi connectivity index (χ0) is 14.7. The van der Waals surface area contributed by atoms with E-state index in [0.29, 0.717) is 17.4 Å². The van der Waals surface area contributed by atoms with Gasteiger partial charge in [0.2, 0.25) is 9.97 Å². The standard InChI is InChI=1S/C13H12N4O3S/c1-2-19-12(18)11-16-17-10(14-15-13(17)21-11)8-20-9-6-4-3-5-7-9/h3-7H,2,8H2,1H3. The zero-order valence-electron chi connectivity index (χ0n) is 11.2. The minimum absolute atomic E-state index is 0.219. The molecule has 0 aliphatic rings. The Balaban J connectivity index is 1.78. The van der Waals surface area contributed by atoms with Gasteiger partial charge in [0.05, 0.1) is 6.61 Å². The number of para-hydroxylation sites is 1. The van der Waals surface area contributed by atoms with E-state index in [1.54, 1.807) is 6.92 Å². The highest BCUT2D eigenvalue weighted by Gasteiger charge is 2.17. The molecule has 7 nitrogen and oxygen atoms in total. The number of benzene rings is 1. The molecule has 0 spiro atoms. The molecular weight excluding hydrogens is 292 g/mol. The van der Waals surface area contributed by atoms with Crippen LogP contribution in [0.25, 0.3) is 4.96 Å². The van der Waals surface area contributed by atoms with Crippen molar-refractivity contribution in [2.24, 2.45) is 0 Å². The third-order valence-electron chi connectivity index (χ3n) is 2.62. The van der Waals surface area contributed by atoms with Crippen LogP contribution in [0.3, 0.4) is 0 Å². The van der Waals surface area contributed by atoms with Crippen molar-refractivity contribution in [3.05, 3.63) is 41.2 Å². The predicted octanol–water partition coefficient (Wildman–Crippen LogP) is 1.94. The van der Waals surface area contributed by atoms with Crippen LogP contribution in [-0.4, -0.2) is 32.4 Å². The predicted molar refractivity (Wildman–Crippen MR) is 75.4 cm³/mol. The van der Waals surface area contributed by atoms with Crippen molar-refractivity contribution in [2.75, 3.05) is 6.61 Å². The first-order chi connectivity index (χ1) is 10.3. The van der Waals surface area contributed by atoms with Crippen molar-refractivity contribution >= 4 is 22.3 Å². The van der Waals surface area contributed by atoms with Gasteiger partial charge >= 0.3 is 5.97 Å². The molecule has 1 aromatic carbocycles. The highest BCUT2D eigenvalue weighted by atomic mass is 32.1. The highest BCUT2D eigenvalue weighted by molar-refractivity contribution is 7.18. The molecule has 2 heterocycles. The average Bonchev–Trinajstić information content (AvgIpc) is 3.07. The summed E-state index contributed by atoms with van der Waals surface area (Å²) in [7, 11) is 0. The van der Waals surface area contributed by atoms with Crippen molar-refractivity contribution in [1.29, 1.82) is 0 Å². The second-order valence-corrected chi connectivity index (χ2v) is 5.00. The third kappa shape index (κ3) is 2.84. The Labute approximate surface area is 124 Å². The monoisotopic (exact) mass is 304 g/mol. The molecule has 8 heteroatoms. The molecule has 0 amide bonds. The molecule has 0 saturated carbocycles. The normalized spacial score (nSPS) is 10.7. The van der Waals surface area contributed by atoms with E-state index in [1.807, 2.05) is 30.3 Å². The van der Waals surface area contributed by atoms with Crippen molar-refractivity contribution in [1.82, 2.24) is 19.8 Å². The first kappa shape index (κ1) is 13.5. The van der Waals surface area contributed by atoms with Crippen LogP contribution in [0.1, 0.15) is 22.6 Å². The SMILES string of the molecule is CCOC(=O)c1nn2c(COc3ccccc3)nnc2s1. The topological polar surface area (TPSA) is 78.6 Å². The molecule has 0 radical (unpaired) electrons. The fourth-order valence-electron chi connectivity index (χ4n) is 1.69. The molecule has 3 aromatic rings. The minimum Gasteiger partial charge on any atom is -0.486 e. The van der Waals surface area contributed by atoms with E-state index in [2.05, 4.69) is 15.3 Å².